The zero-order valence-corrected chi connectivity index (χ0v) is 13.0. The van der Waals surface area contributed by atoms with Gasteiger partial charge in [-0.3, -0.25) is 4.90 Å². The molecule has 110 valence electrons. The van der Waals surface area contributed by atoms with Gasteiger partial charge in [-0.15, -0.1) is 11.8 Å². The summed E-state index contributed by atoms with van der Waals surface area (Å²) in [5.41, 5.74) is 6.25. The second-order valence-corrected chi connectivity index (χ2v) is 7.32. The second kappa shape index (κ2) is 6.97. The normalized spacial score (nSPS) is 27.1. The molecular weight excluding hydrogens is 264 g/mol. The summed E-state index contributed by atoms with van der Waals surface area (Å²) < 4.78 is 0. The molecule has 0 radical (unpaired) electrons. The molecule has 2 saturated heterocycles. The molecule has 0 aliphatic carbocycles. The molecule has 2 aliphatic heterocycles. The van der Waals surface area contributed by atoms with Crippen LogP contribution in [0.3, 0.4) is 0 Å². The van der Waals surface area contributed by atoms with Crippen molar-refractivity contribution in [1.82, 2.24) is 4.90 Å². The van der Waals surface area contributed by atoms with E-state index < -0.39 is 0 Å². The topological polar surface area (TPSA) is 29.3 Å². The summed E-state index contributed by atoms with van der Waals surface area (Å²) in [6.45, 7) is 1.28. The Labute approximate surface area is 127 Å². The molecular formula is C17H26N2S. The van der Waals surface area contributed by atoms with E-state index in [0.29, 0.717) is 6.04 Å². The van der Waals surface area contributed by atoms with Crippen molar-refractivity contribution in [2.75, 3.05) is 12.3 Å². The van der Waals surface area contributed by atoms with E-state index in [0.717, 1.165) is 24.3 Å². The lowest BCUT2D eigenvalue weighted by Gasteiger charge is -2.22. The van der Waals surface area contributed by atoms with Crippen LogP contribution in [0.4, 0.5) is 0 Å². The number of hydrogen-bond donors (Lipinski definition) is 1. The highest BCUT2D eigenvalue weighted by Gasteiger charge is 2.38. The molecule has 2 bridgehead atoms. The smallest absolute Gasteiger partial charge is 0.0134 e. The molecule has 2 aliphatic rings. The number of fused-ring (bicyclic) bond motifs is 2. The van der Waals surface area contributed by atoms with Gasteiger partial charge in [0.1, 0.15) is 0 Å². The zero-order valence-electron chi connectivity index (χ0n) is 12.2. The molecule has 1 aromatic carbocycles. The molecule has 1 atom stereocenters. The van der Waals surface area contributed by atoms with E-state index in [9.17, 15) is 0 Å². The highest BCUT2D eigenvalue weighted by molar-refractivity contribution is 7.99. The van der Waals surface area contributed by atoms with Gasteiger partial charge in [0.25, 0.3) is 0 Å². The molecule has 2 heterocycles. The summed E-state index contributed by atoms with van der Waals surface area (Å²) in [5, 5.41) is 0. The minimum atomic E-state index is 0.334. The van der Waals surface area contributed by atoms with Crippen LogP contribution in [0.15, 0.2) is 35.2 Å². The van der Waals surface area contributed by atoms with Crippen LogP contribution in [0.2, 0.25) is 0 Å². The standard InChI is InChI=1S/C17H26N2S/c18-14(13-20-17-6-2-1-3-7-17)5-4-12-19-15-8-9-16(19)11-10-15/h1-3,6-7,14-16H,4-5,8-13,18H2/t14-,15?,16?/m1/s1. The average molecular weight is 290 g/mol. The van der Waals surface area contributed by atoms with Gasteiger partial charge in [0.2, 0.25) is 0 Å². The van der Waals surface area contributed by atoms with Crippen molar-refractivity contribution in [2.45, 2.75) is 61.5 Å². The Morgan fingerprint density at radius 3 is 2.40 bits per heavy atom. The Bertz CT molecular complexity index is 389. The first-order chi connectivity index (χ1) is 9.83. The van der Waals surface area contributed by atoms with E-state index in [4.69, 9.17) is 5.73 Å². The minimum absolute atomic E-state index is 0.334. The van der Waals surface area contributed by atoms with Crippen molar-refractivity contribution in [2.24, 2.45) is 5.73 Å². The van der Waals surface area contributed by atoms with Crippen molar-refractivity contribution in [3.63, 3.8) is 0 Å². The number of benzene rings is 1. The van der Waals surface area contributed by atoms with E-state index in [1.807, 2.05) is 11.8 Å². The van der Waals surface area contributed by atoms with Crippen molar-refractivity contribution in [3.8, 4) is 0 Å². The molecule has 20 heavy (non-hydrogen) atoms. The third-order valence-electron chi connectivity index (χ3n) is 4.80. The molecule has 2 N–H and O–H groups in total. The van der Waals surface area contributed by atoms with E-state index in [1.165, 1.54) is 43.5 Å². The van der Waals surface area contributed by atoms with E-state index in [1.54, 1.807) is 0 Å². The minimum Gasteiger partial charge on any atom is -0.327 e. The molecule has 0 amide bonds. The van der Waals surface area contributed by atoms with E-state index in [2.05, 4.69) is 35.2 Å². The van der Waals surface area contributed by atoms with Gasteiger partial charge in [-0.25, -0.2) is 0 Å². The van der Waals surface area contributed by atoms with Crippen LogP contribution in [0.1, 0.15) is 38.5 Å². The molecule has 2 fully saturated rings. The monoisotopic (exact) mass is 290 g/mol. The molecule has 3 heteroatoms. The quantitative estimate of drug-likeness (QED) is 0.779. The van der Waals surface area contributed by atoms with Gasteiger partial charge >= 0.3 is 0 Å². The van der Waals surface area contributed by atoms with Gasteiger partial charge in [0.15, 0.2) is 0 Å². The predicted octanol–water partition coefficient (Wildman–Crippen LogP) is 3.51. The highest BCUT2D eigenvalue weighted by Crippen LogP contribution is 2.37. The molecule has 0 aromatic heterocycles. The Hall–Kier alpha value is -0.510. The fourth-order valence-corrected chi connectivity index (χ4v) is 4.65. The summed E-state index contributed by atoms with van der Waals surface area (Å²) in [5.74, 6) is 1.04. The van der Waals surface area contributed by atoms with Gasteiger partial charge in [0, 0.05) is 28.8 Å². The van der Waals surface area contributed by atoms with Crippen LogP contribution in [0.25, 0.3) is 0 Å². The molecule has 1 aromatic rings. The fraction of sp³-hybridized carbons (Fsp3) is 0.647. The van der Waals surface area contributed by atoms with Gasteiger partial charge in [-0.1, -0.05) is 18.2 Å². The van der Waals surface area contributed by atoms with Gasteiger partial charge in [-0.05, 0) is 57.2 Å². The third kappa shape index (κ3) is 3.57. The molecule has 0 saturated carbocycles. The Balaban J connectivity index is 1.32. The third-order valence-corrected chi connectivity index (χ3v) is 6.00. The highest BCUT2D eigenvalue weighted by atomic mass is 32.2. The first kappa shape index (κ1) is 14.4. The average Bonchev–Trinajstić information content (AvgIpc) is 3.06. The Morgan fingerprint density at radius 2 is 1.75 bits per heavy atom. The van der Waals surface area contributed by atoms with Gasteiger partial charge in [-0.2, -0.15) is 0 Å². The van der Waals surface area contributed by atoms with Crippen molar-refractivity contribution < 1.29 is 0 Å². The SMILES string of the molecule is N[C@H](CCCN1C2CCC1CC2)CSc1ccccc1. The number of rotatable bonds is 7. The Morgan fingerprint density at radius 1 is 1.10 bits per heavy atom. The largest absolute Gasteiger partial charge is 0.327 e. The maximum atomic E-state index is 6.25. The fourth-order valence-electron chi connectivity index (χ4n) is 3.72. The molecule has 0 spiro atoms. The summed E-state index contributed by atoms with van der Waals surface area (Å²) in [4.78, 5) is 4.09. The van der Waals surface area contributed by atoms with Crippen LogP contribution in [-0.2, 0) is 0 Å². The van der Waals surface area contributed by atoms with Crippen molar-refractivity contribution >= 4 is 11.8 Å². The lowest BCUT2D eigenvalue weighted by molar-refractivity contribution is 0.246. The van der Waals surface area contributed by atoms with Crippen molar-refractivity contribution in [1.29, 1.82) is 0 Å². The van der Waals surface area contributed by atoms with Crippen LogP contribution in [-0.4, -0.2) is 35.3 Å². The summed E-state index contributed by atoms with van der Waals surface area (Å²) >= 11 is 1.89. The predicted molar refractivity (Wildman–Crippen MR) is 87.1 cm³/mol. The first-order valence-electron chi connectivity index (χ1n) is 8.02. The van der Waals surface area contributed by atoms with Gasteiger partial charge < -0.3 is 5.73 Å². The second-order valence-electron chi connectivity index (χ2n) is 6.23. The summed E-state index contributed by atoms with van der Waals surface area (Å²) in [7, 11) is 0. The van der Waals surface area contributed by atoms with E-state index >= 15 is 0 Å². The maximum absolute atomic E-state index is 6.25. The zero-order chi connectivity index (χ0) is 13.8. The molecule has 3 rings (SSSR count). The van der Waals surface area contributed by atoms with Crippen LogP contribution in [0, 0.1) is 0 Å². The molecule has 2 nitrogen and oxygen atoms in total. The summed E-state index contributed by atoms with van der Waals surface area (Å²) in [6, 6.07) is 12.7. The number of hydrogen-bond acceptors (Lipinski definition) is 3. The number of nitrogens with zero attached hydrogens (tertiary/aromatic N) is 1. The first-order valence-corrected chi connectivity index (χ1v) is 9.00. The lowest BCUT2D eigenvalue weighted by atomic mass is 10.0. The van der Waals surface area contributed by atoms with Crippen LogP contribution >= 0.6 is 11.8 Å². The van der Waals surface area contributed by atoms with Gasteiger partial charge in [0.05, 0.1) is 0 Å². The maximum Gasteiger partial charge on any atom is 0.0134 e. The number of thioether (sulfide) groups is 1. The summed E-state index contributed by atoms with van der Waals surface area (Å²) in [6.07, 6.45) is 8.21. The lowest BCUT2D eigenvalue weighted by Crippen LogP contribution is -2.31. The Kier molecular flexibility index (Phi) is 5.03. The molecule has 0 unspecified atom stereocenters. The van der Waals surface area contributed by atoms with Crippen LogP contribution in [0.5, 0.6) is 0 Å². The number of nitrogens with two attached hydrogens (primary N) is 1. The van der Waals surface area contributed by atoms with Crippen LogP contribution < -0.4 is 5.73 Å². The van der Waals surface area contributed by atoms with E-state index in [-0.39, 0.29) is 0 Å². The van der Waals surface area contributed by atoms with Crippen molar-refractivity contribution in [3.05, 3.63) is 30.3 Å².